The summed E-state index contributed by atoms with van der Waals surface area (Å²) < 4.78 is 12.5. The number of para-hydroxylation sites is 7. The molecule has 0 atom stereocenters. The zero-order valence-corrected chi connectivity index (χ0v) is 38.0. The monoisotopic (exact) mass is 906 g/mol. The lowest BCUT2D eigenvalue weighted by Gasteiger charge is -2.28. The molecule has 0 unspecified atom stereocenters. The van der Waals surface area contributed by atoms with Crippen LogP contribution in [-0.4, -0.2) is 37.8 Å². The smallest absolute Gasteiger partial charge is 0.0991 e. The van der Waals surface area contributed by atoms with Gasteiger partial charge >= 0.3 is 0 Å². The molecule has 0 saturated heterocycles. The summed E-state index contributed by atoms with van der Waals surface area (Å²) in [5.74, 6) is 0. The molecule has 16 rings (SSSR count). The molecule has 0 spiro atoms. The van der Waals surface area contributed by atoms with Gasteiger partial charge in [-0.1, -0.05) is 127 Å². The fraction of sp³-hybridized carbons (Fsp3) is 0. The number of hydrogen-bond donors (Lipinski definition) is 0. The maximum absolute atomic E-state index is 5.19. The van der Waals surface area contributed by atoms with Crippen molar-refractivity contribution < 1.29 is 0 Å². The number of hydrogen-bond acceptors (Lipinski definition) is 3. The first-order valence-electron chi connectivity index (χ1n) is 24.0. The van der Waals surface area contributed by atoms with Gasteiger partial charge in [-0.25, -0.2) is 0 Å². The molecule has 330 valence electrons. The Bertz CT molecular complexity index is 4390. The van der Waals surface area contributed by atoms with E-state index in [4.69, 9.17) is 15.0 Å². The van der Waals surface area contributed by atoms with Gasteiger partial charge in [0.25, 0.3) is 0 Å². The predicted molar refractivity (Wildman–Crippen MR) is 292 cm³/mol. The Labute approximate surface area is 404 Å². The lowest BCUT2D eigenvalue weighted by molar-refractivity contribution is 0.998. The zero-order chi connectivity index (χ0) is 46.3. The summed E-state index contributed by atoms with van der Waals surface area (Å²) in [4.78, 5) is 15.4. The van der Waals surface area contributed by atoms with Crippen molar-refractivity contribution in [3.05, 3.63) is 231 Å². The van der Waals surface area contributed by atoms with E-state index in [1.54, 1.807) is 0 Å². The van der Waals surface area contributed by atoms with Crippen LogP contribution in [0.1, 0.15) is 0 Å². The van der Waals surface area contributed by atoms with E-state index < -0.39 is 0 Å². The number of nitrogens with zero attached hydrogens (tertiary/aromatic N) is 8. The van der Waals surface area contributed by atoms with Gasteiger partial charge in [0.1, 0.15) is 0 Å². The van der Waals surface area contributed by atoms with Crippen molar-refractivity contribution in [3.8, 4) is 28.4 Å². The van der Waals surface area contributed by atoms with E-state index in [-0.39, 0.29) is 0 Å². The SMILES string of the molecule is c1ccc2c(c1)c1ccccc1n2-c1c(-n2c3ccccc3c3ncccc32)cc(-n2c3ccccc3c3ncccc32)c(-n2c3ccccc3c3ccccc32)c1-n1c2ccccc2c2ncccc21. The minimum atomic E-state index is 0.929. The Balaban J connectivity index is 1.28. The third kappa shape index (κ3) is 5.09. The molecule has 0 amide bonds. The number of aromatic nitrogens is 8. The molecular formula is C63H38N8. The standard InChI is InChI=1S/C63H38N8/c1-8-25-46-39(18-1)40-19-2-9-26-47(40)69(46)61-56(67-50-29-12-5-22-43(50)58-53(67)32-15-35-64-58)38-57(68-51-30-13-6-23-44(51)59-54(68)33-16-36-65-59)62(70-48-27-10-3-20-41(48)42-21-4-11-28-49(42)70)63(61)71-52-31-14-7-24-45(52)60-55(71)34-17-37-66-60/h1-38H. The first-order valence-corrected chi connectivity index (χ1v) is 24.0. The Morgan fingerprint density at radius 2 is 0.451 bits per heavy atom. The molecule has 0 aliphatic rings. The average molecular weight is 907 g/mol. The van der Waals surface area contributed by atoms with Gasteiger partial charge in [0.05, 0.1) is 100 Å². The van der Waals surface area contributed by atoms with Gasteiger partial charge in [-0.2, -0.15) is 0 Å². The second kappa shape index (κ2) is 14.4. The minimum Gasteiger partial charge on any atom is -0.305 e. The van der Waals surface area contributed by atoms with Crippen LogP contribution in [0.3, 0.4) is 0 Å². The van der Waals surface area contributed by atoms with Crippen LogP contribution in [-0.2, 0) is 0 Å². The van der Waals surface area contributed by atoms with Crippen LogP contribution >= 0.6 is 0 Å². The summed E-state index contributed by atoms with van der Waals surface area (Å²) in [6.45, 7) is 0. The summed E-state index contributed by atoms with van der Waals surface area (Å²) >= 11 is 0. The van der Waals surface area contributed by atoms with Crippen molar-refractivity contribution in [2.45, 2.75) is 0 Å². The quantitative estimate of drug-likeness (QED) is 0.173. The highest BCUT2D eigenvalue weighted by atomic mass is 15.2. The fourth-order valence-electron chi connectivity index (χ4n) is 12.1. The van der Waals surface area contributed by atoms with Crippen LogP contribution in [0.2, 0.25) is 0 Å². The maximum atomic E-state index is 5.19. The van der Waals surface area contributed by atoms with Gasteiger partial charge < -0.3 is 22.8 Å². The lowest BCUT2D eigenvalue weighted by Crippen LogP contribution is -2.16. The summed E-state index contributed by atoms with van der Waals surface area (Å²) in [5, 5.41) is 7.90. The second-order valence-electron chi connectivity index (χ2n) is 18.4. The molecule has 16 aromatic rings. The summed E-state index contributed by atoms with van der Waals surface area (Å²) in [5.41, 5.74) is 18.3. The Morgan fingerprint density at radius 1 is 0.211 bits per heavy atom. The summed E-state index contributed by atoms with van der Waals surface area (Å²) in [7, 11) is 0. The van der Waals surface area contributed by atoms with Crippen LogP contribution in [0.4, 0.5) is 0 Å². The molecule has 8 heteroatoms. The first kappa shape index (κ1) is 38.2. The normalized spacial score (nSPS) is 12.2. The zero-order valence-electron chi connectivity index (χ0n) is 38.0. The van der Waals surface area contributed by atoms with Gasteiger partial charge in [-0.15, -0.1) is 0 Å². The average Bonchev–Trinajstić information content (AvgIpc) is 4.23. The highest BCUT2D eigenvalue weighted by molar-refractivity contribution is 6.16. The maximum Gasteiger partial charge on any atom is 0.0991 e. The molecule has 0 aliphatic heterocycles. The van der Waals surface area contributed by atoms with E-state index >= 15 is 0 Å². The fourth-order valence-corrected chi connectivity index (χ4v) is 12.1. The molecule has 0 radical (unpaired) electrons. The van der Waals surface area contributed by atoms with Crippen molar-refractivity contribution in [2.75, 3.05) is 0 Å². The Hall–Kier alpha value is -9.79. The number of fused-ring (bicyclic) bond motifs is 15. The third-order valence-corrected chi connectivity index (χ3v) is 14.8. The number of pyridine rings is 3. The van der Waals surface area contributed by atoms with Crippen LogP contribution in [0.25, 0.3) is 138 Å². The first-order chi connectivity index (χ1) is 35.3. The molecule has 8 heterocycles. The predicted octanol–water partition coefficient (Wildman–Crippen LogP) is 15.4. The van der Waals surface area contributed by atoms with E-state index in [1.165, 1.54) is 21.5 Å². The molecule has 8 aromatic carbocycles. The van der Waals surface area contributed by atoms with Gasteiger partial charge in [0.2, 0.25) is 0 Å². The molecule has 8 aromatic heterocycles. The molecule has 0 aliphatic carbocycles. The molecular weight excluding hydrogens is 869 g/mol. The van der Waals surface area contributed by atoms with E-state index in [2.05, 4.69) is 235 Å². The second-order valence-corrected chi connectivity index (χ2v) is 18.4. The molecule has 71 heavy (non-hydrogen) atoms. The molecule has 0 N–H and O–H groups in total. The van der Waals surface area contributed by atoms with E-state index in [0.29, 0.717) is 0 Å². The van der Waals surface area contributed by atoms with Crippen molar-refractivity contribution in [1.29, 1.82) is 0 Å². The van der Waals surface area contributed by atoms with Crippen LogP contribution in [0.15, 0.2) is 231 Å². The van der Waals surface area contributed by atoms with Gasteiger partial charge in [0, 0.05) is 56.3 Å². The minimum absolute atomic E-state index is 0.929. The van der Waals surface area contributed by atoms with Gasteiger partial charge in [-0.3, -0.25) is 15.0 Å². The van der Waals surface area contributed by atoms with Crippen molar-refractivity contribution in [1.82, 2.24) is 37.8 Å². The van der Waals surface area contributed by atoms with Crippen LogP contribution < -0.4 is 0 Å². The van der Waals surface area contributed by atoms with E-state index in [0.717, 1.165) is 116 Å². The number of rotatable bonds is 5. The molecule has 8 nitrogen and oxygen atoms in total. The molecule has 0 saturated carbocycles. The summed E-state index contributed by atoms with van der Waals surface area (Å²) in [6.07, 6.45) is 5.73. The Kier molecular flexibility index (Phi) is 7.73. The number of benzene rings is 8. The van der Waals surface area contributed by atoms with Crippen LogP contribution in [0, 0.1) is 0 Å². The summed E-state index contributed by atoms with van der Waals surface area (Å²) in [6, 6.07) is 76.9. The van der Waals surface area contributed by atoms with Gasteiger partial charge in [0.15, 0.2) is 0 Å². The lowest BCUT2D eigenvalue weighted by atomic mass is 10.1. The van der Waals surface area contributed by atoms with Crippen molar-refractivity contribution >= 4 is 109 Å². The highest BCUT2D eigenvalue weighted by Gasteiger charge is 2.33. The van der Waals surface area contributed by atoms with E-state index in [1.807, 2.05) is 18.6 Å². The Morgan fingerprint density at radius 3 is 0.789 bits per heavy atom. The third-order valence-electron chi connectivity index (χ3n) is 14.8. The van der Waals surface area contributed by atoms with Crippen molar-refractivity contribution in [3.63, 3.8) is 0 Å². The van der Waals surface area contributed by atoms with E-state index in [9.17, 15) is 0 Å². The topological polar surface area (TPSA) is 63.3 Å². The van der Waals surface area contributed by atoms with Crippen molar-refractivity contribution in [2.24, 2.45) is 0 Å². The largest absolute Gasteiger partial charge is 0.305 e. The molecule has 0 fully saturated rings. The van der Waals surface area contributed by atoms with Crippen LogP contribution in [0.5, 0.6) is 0 Å². The highest BCUT2D eigenvalue weighted by Crippen LogP contribution is 2.49. The molecule has 0 bridgehead atoms. The van der Waals surface area contributed by atoms with Gasteiger partial charge in [-0.05, 0) is 84.9 Å².